The van der Waals surface area contributed by atoms with E-state index in [9.17, 15) is 14.4 Å². The van der Waals surface area contributed by atoms with Crippen LogP contribution in [0.5, 0.6) is 0 Å². The first-order valence-electron chi connectivity index (χ1n) is 4.82. The first-order chi connectivity index (χ1) is 8.06. The van der Waals surface area contributed by atoms with E-state index in [-0.39, 0.29) is 32.5 Å². The Kier molecular flexibility index (Phi) is 7.78. The van der Waals surface area contributed by atoms with Crippen molar-refractivity contribution in [1.82, 2.24) is 10.6 Å². The van der Waals surface area contributed by atoms with Gasteiger partial charge in [-0.1, -0.05) is 5.11 Å². The van der Waals surface area contributed by atoms with Crippen LogP contribution in [0.25, 0.3) is 10.4 Å². The summed E-state index contributed by atoms with van der Waals surface area (Å²) in [4.78, 5) is 34.7. The third-order valence-corrected chi connectivity index (χ3v) is 1.61. The van der Waals surface area contributed by atoms with E-state index in [0.717, 1.165) is 0 Å². The van der Waals surface area contributed by atoms with Crippen molar-refractivity contribution in [2.24, 2.45) is 5.11 Å². The van der Waals surface area contributed by atoms with E-state index in [1.807, 2.05) is 0 Å². The number of carboxylic acids is 1. The van der Waals surface area contributed by atoms with Crippen molar-refractivity contribution in [2.75, 3.05) is 19.6 Å². The Bertz CT molecular complexity index is 337. The average molecular weight is 243 g/mol. The number of carbonyl (C=O) groups is 3. The molecule has 17 heavy (non-hydrogen) atoms. The Morgan fingerprint density at radius 3 is 2.47 bits per heavy atom. The molecule has 0 spiro atoms. The summed E-state index contributed by atoms with van der Waals surface area (Å²) in [5, 5.41) is 16.1. The van der Waals surface area contributed by atoms with E-state index in [0.29, 0.717) is 0 Å². The zero-order valence-corrected chi connectivity index (χ0v) is 9.05. The molecule has 0 aromatic heterocycles. The molecule has 0 aliphatic rings. The lowest BCUT2D eigenvalue weighted by Gasteiger charge is -2.04. The third kappa shape index (κ3) is 10.0. The molecule has 2 amide bonds. The van der Waals surface area contributed by atoms with Gasteiger partial charge in [-0.15, -0.1) is 0 Å². The van der Waals surface area contributed by atoms with Gasteiger partial charge in [0.1, 0.15) is 0 Å². The Balaban J connectivity index is 3.58. The number of hydrogen-bond acceptors (Lipinski definition) is 4. The van der Waals surface area contributed by atoms with Gasteiger partial charge in [-0.3, -0.25) is 14.4 Å². The van der Waals surface area contributed by atoms with Gasteiger partial charge in [0.25, 0.3) is 0 Å². The highest BCUT2D eigenvalue weighted by Gasteiger charge is 2.05. The molecule has 9 heteroatoms. The van der Waals surface area contributed by atoms with E-state index < -0.39 is 17.8 Å². The number of azide groups is 1. The molecule has 0 unspecified atom stereocenters. The molecule has 0 rings (SSSR count). The molecule has 9 nitrogen and oxygen atoms in total. The van der Waals surface area contributed by atoms with Crippen molar-refractivity contribution in [3.8, 4) is 0 Å². The van der Waals surface area contributed by atoms with E-state index >= 15 is 0 Å². The Labute approximate surface area is 96.8 Å². The summed E-state index contributed by atoms with van der Waals surface area (Å²) in [6.45, 7) is -0.180. The predicted molar refractivity (Wildman–Crippen MR) is 56.9 cm³/mol. The number of amides is 2. The largest absolute Gasteiger partial charge is 0.481 e. The van der Waals surface area contributed by atoms with Crippen LogP contribution in [-0.2, 0) is 14.4 Å². The van der Waals surface area contributed by atoms with Crippen molar-refractivity contribution in [3.63, 3.8) is 0 Å². The molecular formula is C8H13N5O4. The molecule has 0 saturated carbocycles. The first kappa shape index (κ1) is 14.7. The molecular weight excluding hydrogens is 230 g/mol. The minimum Gasteiger partial charge on any atom is -0.481 e. The Morgan fingerprint density at radius 1 is 1.18 bits per heavy atom. The summed E-state index contributed by atoms with van der Waals surface area (Å²) < 4.78 is 0. The van der Waals surface area contributed by atoms with Crippen molar-refractivity contribution in [2.45, 2.75) is 12.8 Å². The zero-order valence-electron chi connectivity index (χ0n) is 9.05. The number of rotatable bonds is 8. The highest BCUT2D eigenvalue weighted by Crippen LogP contribution is 1.82. The molecule has 94 valence electrons. The van der Waals surface area contributed by atoms with E-state index in [4.69, 9.17) is 10.6 Å². The minimum absolute atomic E-state index is 0.00641. The second kappa shape index (κ2) is 8.98. The molecule has 3 N–H and O–H groups in total. The summed E-state index contributed by atoms with van der Waals surface area (Å²) in [6.07, 6.45) is -0.164. The van der Waals surface area contributed by atoms with Gasteiger partial charge in [-0.2, -0.15) is 0 Å². The maximum atomic E-state index is 11.1. The molecule has 0 bridgehead atoms. The average Bonchev–Trinajstić information content (AvgIpc) is 2.26. The third-order valence-electron chi connectivity index (χ3n) is 1.61. The second-order valence-corrected chi connectivity index (χ2v) is 2.97. The zero-order chi connectivity index (χ0) is 13.1. The number of aliphatic carboxylic acids is 1. The molecule has 0 aliphatic carbocycles. The Hall–Kier alpha value is -2.28. The topological polar surface area (TPSA) is 144 Å². The lowest BCUT2D eigenvalue weighted by atomic mass is 10.4. The van der Waals surface area contributed by atoms with Crippen LogP contribution in [0.15, 0.2) is 5.11 Å². The van der Waals surface area contributed by atoms with Crippen LogP contribution in [0.2, 0.25) is 0 Å². The number of hydrogen-bond donors (Lipinski definition) is 3. The predicted octanol–water partition coefficient (Wildman–Crippen LogP) is -0.606. The second-order valence-electron chi connectivity index (χ2n) is 2.97. The fourth-order valence-electron chi connectivity index (χ4n) is 0.835. The number of carbonyl (C=O) groups excluding carboxylic acids is 2. The number of nitrogens with one attached hydrogen (secondary N) is 2. The van der Waals surface area contributed by atoms with Crippen LogP contribution in [0, 0.1) is 0 Å². The van der Waals surface area contributed by atoms with Gasteiger partial charge in [-0.05, 0) is 5.53 Å². The molecule has 0 fully saturated rings. The highest BCUT2D eigenvalue weighted by atomic mass is 16.4. The minimum atomic E-state index is -1.01. The molecule has 0 radical (unpaired) electrons. The Morgan fingerprint density at radius 2 is 1.88 bits per heavy atom. The van der Waals surface area contributed by atoms with Gasteiger partial charge in [-0.25, -0.2) is 0 Å². The van der Waals surface area contributed by atoms with Gasteiger partial charge in [0.2, 0.25) is 11.8 Å². The molecule has 0 heterocycles. The molecule has 0 aromatic carbocycles. The number of nitrogens with zero attached hydrogens (tertiary/aromatic N) is 3. The normalized spacial score (nSPS) is 8.94. The van der Waals surface area contributed by atoms with Crippen molar-refractivity contribution >= 4 is 17.8 Å². The highest BCUT2D eigenvalue weighted by molar-refractivity contribution is 5.84. The van der Waals surface area contributed by atoms with Gasteiger partial charge in [0.15, 0.2) is 0 Å². The van der Waals surface area contributed by atoms with Crippen molar-refractivity contribution in [1.29, 1.82) is 0 Å². The summed E-state index contributed by atoms with van der Waals surface area (Å²) >= 11 is 0. The fraction of sp³-hybridized carbons (Fsp3) is 0.625. The van der Waals surface area contributed by atoms with Crippen LogP contribution >= 0.6 is 0 Å². The van der Waals surface area contributed by atoms with Gasteiger partial charge in [0.05, 0.1) is 13.0 Å². The summed E-state index contributed by atoms with van der Waals surface area (Å²) in [5.41, 5.74) is 7.95. The smallest absolute Gasteiger partial charge is 0.305 e. The van der Waals surface area contributed by atoms with Crippen LogP contribution < -0.4 is 10.6 Å². The van der Waals surface area contributed by atoms with Crippen LogP contribution in [0.3, 0.4) is 0 Å². The standard InChI is InChI=1S/C8H13N5O4/c9-13-12-4-1-6(14)11-5-7(15)10-3-2-8(16)17/h1-5H2,(H,10,15)(H,11,14)(H,16,17). The maximum Gasteiger partial charge on any atom is 0.305 e. The molecule has 0 aromatic rings. The van der Waals surface area contributed by atoms with Gasteiger partial charge < -0.3 is 15.7 Å². The van der Waals surface area contributed by atoms with Crippen molar-refractivity contribution in [3.05, 3.63) is 10.4 Å². The van der Waals surface area contributed by atoms with E-state index in [2.05, 4.69) is 20.7 Å². The quantitative estimate of drug-likeness (QED) is 0.296. The molecule has 0 atom stereocenters. The van der Waals surface area contributed by atoms with Gasteiger partial charge >= 0.3 is 5.97 Å². The first-order valence-corrected chi connectivity index (χ1v) is 4.82. The molecule has 0 aliphatic heterocycles. The summed E-state index contributed by atoms with van der Waals surface area (Å²) in [7, 11) is 0. The van der Waals surface area contributed by atoms with E-state index in [1.54, 1.807) is 0 Å². The molecule has 0 saturated heterocycles. The lowest BCUT2D eigenvalue weighted by molar-refractivity contribution is -0.137. The fourth-order valence-corrected chi connectivity index (χ4v) is 0.835. The summed E-state index contributed by atoms with van der Waals surface area (Å²) in [5.74, 6) is -1.89. The van der Waals surface area contributed by atoms with E-state index in [1.165, 1.54) is 0 Å². The monoisotopic (exact) mass is 243 g/mol. The summed E-state index contributed by atoms with van der Waals surface area (Å²) in [6, 6.07) is 0. The SMILES string of the molecule is [N-]=[N+]=NCCC(=O)NCC(=O)NCCC(=O)O. The van der Waals surface area contributed by atoms with Crippen LogP contribution in [0.4, 0.5) is 0 Å². The lowest BCUT2D eigenvalue weighted by Crippen LogP contribution is -2.37. The van der Waals surface area contributed by atoms with Gasteiger partial charge in [0, 0.05) is 24.4 Å². The van der Waals surface area contributed by atoms with Crippen molar-refractivity contribution < 1.29 is 19.5 Å². The number of carboxylic acid groups (broad SMARTS) is 1. The van der Waals surface area contributed by atoms with Crippen LogP contribution in [-0.4, -0.2) is 42.5 Å². The maximum absolute atomic E-state index is 11.1. The van der Waals surface area contributed by atoms with Crippen LogP contribution in [0.1, 0.15) is 12.8 Å².